The van der Waals surface area contributed by atoms with Crippen LogP contribution in [0.4, 0.5) is 0 Å². The number of aliphatic hydroxyl groups excluding tert-OH is 1. The monoisotopic (exact) mass is 199 g/mol. The molecule has 2 atom stereocenters. The van der Waals surface area contributed by atoms with Gasteiger partial charge in [-0.25, -0.2) is 0 Å². The Morgan fingerprint density at radius 2 is 2.08 bits per heavy atom. The third-order valence-electron chi connectivity index (χ3n) is 2.30. The molecule has 0 bridgehead atoms. The van der Waals surface area contributed by atoms with Gasteiger partial charge in [-0.05, 0) is 24.5 Å². The SMILES string of the molecule is CCC(C)c1ccc(C(O)CN)s1. The van der Waals surface area contributed by atoms with E-state index in [4.69, 9.17) is 5.73 Å². The van der Waals surface area contributed by atoms with E-state index < -0.39 is 6.10 Å². The van der Waals surface area contributed by atoms with E-state index >= 15 is 0 Å². The lowest BCUT2D eigenvalue weighted by Gasteiger charge is -2.05. The summed E-state index contributed by atoms with van der Waals surface area (Å²) in [5, 5.41) is 9.48. The van der Waals surface area contributed by atoms with Gasteiger partial charge in [0.15, 0.2) is 0 Å². The summed E-state index contributed by atoms with van der Waals surface area (Å²) in [6, 6.07) is 4.07. The zero-order chi connectivity index (χ0) is 9.84. The van der Waals surface area contributed by atoms with Gasteiger partial charge in [0.2, 0.25) is 0 Å². The van der Waals surface area contributed by atoms with E-state index in [1.165, 1.54) is 4.88 Å². The number of nitrogens with two attached hydrogens (primary N) is 1. The van der Waals surface area contributed by atoms with Crippen molar-refractivity contribution >= 4 is 11.3 Å². The van der Waals surface area contributed by atoms with Crippen molar-refractivity contribution in [2.75, 3.05) is 6.54 Å². The third kappa shape index (κ3) is 2.53. The molecule has 0 fully saturated rings. The number of hydrogen-bond donors (Lipinski definition) is 2. The van der Waals surface area contributed by atoms with E-state index in [-0.39, 0.29) is 0 Å². The molecular weight excluding hydrogens is 182 g/mol. The van der Waals surface area contributed by atoms with Crippen molar-refractivity contribution in [3.05, 3.63) is 21.9 Å². The molecule has 0 aliphatic rings. The molecule has 3 N–H and O–H groups in total. The molecule has 0 aliphatic carbocycles. The normalized spacial score (nSPS) is 15.7. The molecule has 13 heavy (non-hydrogen) atoms. The Morgan fingerprint density at radius 1 is 1.46 bits per heavy atom. The van der Waals surface area contributed by atoms with Crippen LogP contribution in [0.2, 0.25) is 0 Å². The molecule has 1 aromatic rings. The first kappa shape index (κ1) is 10.7. The van der Waals surface area contributed by atoms with Crippen LogP contribution in [0.25, 0.3) is 0 Å². The fourth-order valence-corrected chi connectivity index (χ4v) is 2.27. The third-order valence-corrected chi connectivity index (χ3v) is 3.72. The van der Waals surface area contributed by atoms with Crippen LogP contribution in [0.5, 0.6) is 0 Å². The van der Waals surface area contributed by atoms with Gasteiger partial charge in [0, 0.05) is 16.3 Å². The molecule has 2 nitrogen and oxygen atoms in total. The number of aliphatic hydroxyl groups is 1. The van der Waals surface area contributed by atoms with Gasteiger partial charge in [-0.2, -0.15) is 0 Å². The van der Waals surface area contributed by atoms with Crippen molar-refractivity contribution in [1.82, 2.24) is 0 Å². The summed E-state index contributed by atoms with van der Waals surface area (Å²) < 4.78 is 0. The van der Waals surface area contributed by atoms with Crippen molar-refractivity contribution in [2.24, 2.45) is 5.73 Å². The molecule has 0 saturated carbocycles. The molecule has 0 amide bonds. The van der Waals surface area contributed by atoms with E-state index in [0.29, 0.717) is 12.5 Å². The topological polar surface area (TPSA) is 46.2 Å². The number of thiophene rings is 1. The smallest absolute Gasteiger partial charge is 0.100 e. The van der Waals surface area contributed by atoms with Gasteiger partial charge in [0.1, 0.15) is 6.10 Å². The fourth-order valence-electron chi connectivity index (χ4n) is 1.13. The van der Waals surface area contributed by atoms with E-state index in [9.17, 15) is 5.11 Å². The molecule has 1 heterocycles. The van der Waals surface area contributed by atoms with Crippen molar-refractivity contribution in [3.63, 3.8) is 0 Å². The molecule has 0 aromatic carbocycles. The van der Waals surface area contributed by atoms with Crippen LogP contribution in [-0.4, -0.2) is 11.7 Å². The minimum atomic E-state index is -0.484. The molecule has 0 radical (unpaired) electrons. The van der Waals surface area contributed by atoms with Crippen molar-refractivity contribution in [1.29, 1.82) is 0 Å². The maximum atomic E-state index is 9.48. The summed E-state index contributed by atoms with van der Waals surface area (Å²) in [7, 11) is 0. The summed E-state index contributed by atoms with van der Waals surface area (Å²) >= 11 is 1.67. The Balaban J connectivity index is 2.74. The second-order valence-electron chi connectivity index (χ2n) is 3.30. The molecule has 0 spiro atoms. The second kappa shape index (κ2) is 4.74. The highest BCUT2D eigenvalue weighted by molar-refractivity contribution is 7.12. The van der Waals surface area contributed by atoms with E-state index in [1.807, 2.05) is 6.07 Å². The van der Waals surface area contributed by atoms with Gasteiger partial charge < -0.3 is 10.8 Å². The standard InChI is InChI=1S/C10H17NOS/c1-3-7(2)9-4-5-10(13-9)8(12)6-11/h4-5,7-8,12H,3,6,11H2,1-2H3. The fraction of sp³-hybridized carbons (Fsp3) is 0.600. The Hall–Kier alpha value is -0.380. The molecule has 0 saturated heterocycles. The molecule has 3 heteroatoms. The Kier molecular flexibility index (Phi) is 3.90. The first-order chi connectivity index (χ1) is 6.19. The van der Waals surface area contributed by atoms with Crippen LogP contribution in [-0.2, 0) is 0 Å². The highest BCUT2D eigenvalue weighted by Gasteiger charge is 2.11. The van der Waals surface area contributed by atoms with Crippen molar-refractivity contribution in [2.45, 2.75) is 32.3 Å². The van der Waals surface area contributed by atoms with E-state index in [2.05, 4.69) is 19.9 Å². The van der Waals surface area contributed by atoms with E-state index in [1.54, 1.807) is 11.3 Å². The number of hydrogen-bond acceptors (Lipinski definition) is 3. The lowest BCUT2D eigenvalue weighted by atomic mass is 10.1. The van der Waals surface area contributed by atoms with E-state index in [0.717, 1.165) is 11.3 Å². The van der Waals surface area contributed by atoms with Gasteiger partial charge in [-0.1, -0.05) is 13.8 Å². The molecule has 0 aliphatic heterocycles. The average Bonchev–Trinajstić information content (AvgIpc) is 2.64. The maximum absolute atomic E-state index is 9.48. The minimum absolute atomic E-state index is 0.306. The molecule has 74 valence electrons. The van der Waals surface area contributed by atoms with Crippen LogP contribution in [0, 0.1) is 0 Å². The minimum Gasteiger partial charge on any atom is -0.386 e. The second-order valence-corrected chi connectivity index (χ2v) is 4.45. The van der Waals surface area contributed by atoms with Gasteiger partial charge in [-0.15, -0.1) is 11.3 Å². The van der Waals surface area contributed by atoms with Gasteiger partial charge in [-0.3, -0.25) is 0 Å². The zero-order valence-corrected chi connectivity index (χ0v) is 8.97. The predicted octanol–water partition coefficient (Wildman–Crippen LogP) is 2.25. The van der Waals surface area contributed by atoms with Gasteiger partial charge in [0.05, 0.1) is 0 Å². The number of rotatable bonds is 4. The first-order valence-electron chi connectivity index (χ1n) is 4.66. The summed E-state index contributed by atoms with van der Waals surface area (Å²) in [4.78, 5) is 2.32. The Morgan fingerprint density at radius 3 is 2.62 bits per heavy atom. The van der Waals surface area contributed by atoms with Crippen molar-refractivity contribution in [3.8, 4) is 0 Å². The average molecular weight is 199 g/mol. The van der Waals surface area contributed by atoms with Gasteiger partial charge in [0.25, 0.3) is 0 Å². The molecule has 1 rings (SSSR count). The lowest BCUT2D eigenvalue weighted by molar-refractivity contribution is 0.190. The predicted molar refractivity (Wildman–Crippen MR) is 57.0 cm³/mol. The van der Waals surface area contributed by atoms with Crippen LogP contribution in [0.15, 0.2) is 12.1 Å². The maximum Gasteiger partial charge on any atom is 0.100 e. The highest BCUT2D eigenvalue weighted by atomic mass is 32.1. The molecule has 1 aromatic heterocycles. The Labute approximate surface area is 83.4 Å². The summed E-state index contributed by atoms with van der Waals surface area (Å²) in [5.41, 5.74) is 5.38. The van der Waals surface area contributed by atoms with Crippen molar-refractivity contribution < 1.29 is 5.11 Å². The van der Waals surface area contributed by atoms with Crippen LogP contribution in [0.1, 0.15) is 42.0 Å². The first-order valence-corrected chi connectivity index (χ1v) is 5.48. The van der Waals surface area contributed by atoms with Gasteiger partial charge >= 0.3 is 0 Å². The quantitative estimate of drug-likeness (QED) is 0.781. The zero-order valence-electron chi connectivity index (χ0n) is 8.16. The summed E-state index contributed by atoms with van der Waals surface area (Å²) in [6.07, 6.45) is 0.654. The van der Waals surface area contributed by atoms with Crippen LogP contribution >= 0.6 is 11.3 Å². The molecular formula is C10H17NOS. The summed E-state index contributed by atoms with van der Waals surface area (Å²) in [5.74, 6) is 0.587. The van der Waals surface area contributed by atoms with Crippen LogP contribution < -0.4 is 5.73 Å². The summed E-state index contributed by atoms with van der Waals surface area (Å²) in [6.45, 7) is 4.67. The highest BCUT2D eigenvalue weighted by Crippen LogP contribution is 2.29. The Bertz CT molecular complexity index is 235. The molecule has 2 unspecified atom stereocenters. The lowest BCUT2D eigenvalue weighted by Crippen LogP contribution is -2.09. The largest absolute Gasteiger partial charge is 0.386 e. The van der Waals surface area contributed by atoms with Crippen LogP contribution in [0.3, 0.4) is 0 Å².